The zero-order valence-corrected chi connectivity index (χ0v) is 15.8. The second-order valence-corrected chi connectivity index (χ2v) is 9.21. The van der Waals surface area contributed by atoms with Crippen molar-refractivity contribution in [2.75, 3.05) is 6.54 Å². The molecule has 5 heteroatoms. The van der Waals surface area contributed by atoms with Crippen LogP contribution < -0.4 is 0 Å². The number of hydrogen-bond donors (Lipinski definition) is 0. The van der Waals surface area contributed by atoms with Gasteiger partial charge in [0.25, 0.3) is 0 Å². The Bertz CT molecular complexity index is 483. The van der Waals surface area contributed by atoms with E-state index in [1.54, 1.807) is 4.67 Å². The molecule has 0 atom stereocenters. The van der Waals surface area contributed by atoms with Crippen LogP contribution in [0.15, 0.2) is 30.3 Å². The predicted molar refractivity (Wildman–Crippen MR) is 91.8 cm³/mol. The molecule has 0 fully saturated rings. The highest BCUT2D eigenvalue weighted by molar-refractivity contribution is 7.51. The average molecular weight is 327 g/mol. The summed E-state index contributed by atoms with van der Waals surface area (Å²) in [5.74, 6) is 0. The van der Waals surface area contributed by atoms with Crippen molar-refractivity contribution in [2.45, 2.75) is 66.2 Å². The van der Waals surface area contributed by atoms with Gasteiger partial charge in [-0.1, -0.05) is 37.3 Å². The van der Waals surface area contributed by atoms with Gasteiger partial charge >= 0.3 is 7.75 Å². The Morgan fingerprint density at radius 3 is 1.77 bits per heavy atom. The van der Waals surface area contributed by atoms with Crippen LogP contribution in [-0.2, 0) is 20.2 Å². The van der Waals surface area contributed by atoms with Gasteiger partial charge in [-0.25, -0.2) is 9.24 Å². The van der Waals surface area contributed by atoms with Crippen LogP contribution in [0.3, 0.4) is 0 Å². The summed E-state index contributed by atoms with van der Waals surface area (Å²) in [4.78, 5) is 0. The second-order valence-electron chi connectivity index (χ2n) is 7.34. The summed E-state index contributed by atoms with van der Waals surface area (Å²) in [5.41, 5.74) is -0.0185. The molecule has 0 unspecified atom stereocenters. The van der Waals surface area contributed by atoms with Gasteiger partial charge in [0.15, 0.2) is 0 Å². The third kappa shape index (κ3) is 6.62. The molecule has 1 aromatic rings. The molecule has 0 N–H and O–H groups in total. The minimum Gasteiger partial charge on any atom is -0.291 e. The van der Waals surface area contributed by atoms with E-state index in [0.29, 0.717) is 13.1 Å². The molecule has 0 saturated carbocycles. The zero-order chi connectivity index (χ0) is 17.0. The Balaban J connectivity index is 3.08. The van der Waals surface area contributed by atoms with E-state index in [2.05, 4.69) is 0 Å². The molecule has 0 heterocycles. The molecular formula is C17H30NO3P. The number of nitrogens with zero attached hydrogens (tertiary/aromatic N) is 1. The first-order chi connectivity index (χ1) is 9.95. The molecule has 0 aliphatic heterocycles. The quantitative estimate of drug-likeness (QED) is 0.669. The van der Waals surface area contributed by atoms with E-state index in [4.69, 9.17) is 9.05 Å². The third-order valence-corrected chi connectivity index (χ3v) is 5.37. The van der Waals surface area contributed by atoms with Gasteiger partial charge in [-0.2, -0.15) is 0 Å². The van der Waals surface area contributed by atoms with Gasteiger partial charge in [0.1, 0.15) is 0 Å². The summed E-state index contributed by atoms with van der Waals surface area (Å²) in [6.07, 6.45) is 0. The van der Waals surface area contributed by atoms with Crippen LogP contribution in [0.5, 0.6) is 0 Å². The van der Waals surface area contributed by atoms with E-state index < -0.39 is 18.9 Å². The lowest BCUT2D eigenvalue weighted by Crippen LogP contribution is -2.32. The van der Waals surface area contributed by atoms with Crippen LogP contribution in [0.1, 0.15) is 54.0 Å². The summed E-state index contributed by atoms with van der Waals surface area (Å²) >= 11 is 0. The second kappa shape index (κ2) is 7.27. The molecule has 0 radical (unpaired) electrons. The zero-order valence-electron chi connectivity index (χ0n) is 14.9. The molecule has 126 valence electrons. The summed E-state index contributed by atoms with van der Waals surface area (Å²) in [7, 11) is -3.40. The van der Waals surface area contributed by atoms with Gasteiger partial charge in [0.2, 0.25) is 0 Å². The fraction of sp³-hybridized carbons (Fsp3) is 0.647. The lowest BCUT2D eigenvalue weighted by atomic mass is 10.2. The minimum atomic E-state index is -3.40. The highest BCUT2D eigenvalue weighted by Crippen LogP contribution is 2.57. The van der Waals surface area contributed by atoms with E-state index in [9.17, 15) is 4.57 Å². The van der Waals surface area contributed by atoms with E-state index in [1.165, 1.54) is 0 Å². The van der Waals surface area contributed by atoms with Crippen molar-refractivity contribution in [1.82, 2.24) is 4.67 Å². The molecule has 1 aromatic carbocycles. The third-order valence-electron chi connectivity index (χ3n) is 2.70. The first kappa shape index (κ1) is 19.4. The van der Waals surface area contributed by atoms with Gasteiger partial charge in [0, 0.05) is 13.1 Å². The summed E-state index contributed by atoms with van der Waals surface area (Å²) < 4.78 is 27.0. The molecule has 0 amide bonds. The maximum atomic E-state index is 13.5. The Morgan fingerprint density at radius 1 is 0.955 bits per heavy atom. The van der Waals surface area contributed by atoms with Crippen molar-refractivity contribution in [2.24, 2.45) is 0 Å². The van der Waals surface area contributed by atoms with E-state index >= 15 is 0 Å². The largest absolute Gasteiger partial charge is 0.409 e. The smallest absolute Gasteiger partial charge is 0.291 e. The molecule has 0 aliphatic rings. The number of rotatable bonds is 6. The maximum absolute atomic E-state index is 13.5. The van der Waals surface area contributed by atoms with E-state index in [0.717, 1.165) is 5.56 Å². The van der Waals surface area contributed by atoms with Crippen molar-refractivity contribution in [1.29, 1.82) is 0 Å². The van der Waals surface area contributed by atoms with E-state index in [-0.39, 0.29) is 0 Å². The fourth-order valence-electron chi connectivity index (χ4n) is 1.99. The van der Waals surface area contributed by atoms with Gasteiger partial charge < -0.3 is 0 Å². The predicted octanol–water partition coefficient (Wildman–Crippen LogP) is 5.25. The molecule has 0 spiro atoms. The normalized spacial score (nSPS) is 13.6. The highest BCUT2D eigenvalue weighted by atomic mass is 31.2. The summed E-state index contributed by atoms with van der Waals surface area (Å²) in [5, 5.41) is 0. The Morgan fingerprint density at radius 2 is 1.41 bits per heavy atom. The molecule has 0 aliphatic carbocycles. The monoisotopic (exact) mass is 327 g/mol. The molecular weight excluding hydrogens is 297 g/mol. The maximum Gasteiger partial charge on any atom is 0.409 e. The van der Waals surface area contributed by atoms with Gasteiger partial charge in [0.05, 0.1) is 11.2 Å². The van der Waals surface area contributed by atoms with Crippen LogP contribution in [0.25, 0.3) is 0 Å². The van der Waals surface area contributed by atoms with Gasteiger partial charge in [-0.15, -0.1) is 0 Å². The Labute approximate surface area is 135 Å². The van der Waals surface area contributed by atoms with Crippen LogP contribution in [0.2, 0.25) is 0 Å². The Kier molecular flexibility index (Phi) is 6.40. The first-order valence-electron chi connectivity index (χ1n) is 7.76. The molecule has 0 saturated heterocycles. The van der Waals surface area contributed by atoms with Crippen molar-refractivity contribution < 1.29 is 13.6 Å². The number of benzene rings is 1. The topological polar surface area (TPSA) is 38.8 Å². The van der Waals surface area contributed by atoms with Gasteiger partial charge in [-0.05, 0) is 47.1 Å². The number of hydrogen-bond acceptors (Lipinski definition) is 3. The molecule has 0 aromatic heterocycles. The summed E-state index contributed by atoms with van der Waals surface area (Å²) in [6, 6.07) is 9.95. The average Bonchev–Trinajstić information content (AvgIpc) is 2.32. The lowest BCUT2D eigenvalue weighted by Gasteiger charge is -2.37. The van der Waals surface area contributed by atoms with Crippen LogP contribution in [-0.4, -0.2) is 22.4 Å². The first-order valence-corrected chi connectivity index (χ1v) is 9.26. The molecule has 22 heavy (non-hydrogen) atoms. The van der Waals surface area contributed by atoms with Gasteiger partial charge in [-0.3, -0.25) is 9.05 Å². The van der Waals surface area contributed by atoms with Crippen molar-refractivity contribution in [3.8, 4) is 0 Å². The fourth-order valence-corrected chi connectivity index (χ4v) is 4.33. The van der Waals surface area contributed by atoms with Crippen LogP contribution in [0, 0.1) is 0 Å². The molecule has 4 nitrogen and oxygen atoms in total. The van der Waals surface area contributed by atoms with E-state index in [1.807, 2.05) is 78.8 Å². The van der Waals surface area contributed by atoms with Crippen molar-refractivity contribution in [3.05, 3.63) is 35.9 Å². The standard InChI is InChI=1S/C17H30NO3P/c1-8-18(14-15-12-10-9-11-13-15)22(19,20-16(2,3)4)21-17(5,6)7/h9-13H,8,14H2,1-7H3. The van der Waals surface area contributed by atoms with Crippen molar-refractivity contribution in [3.63, 3.8) is 0 Å². The van der Waals surface area contributed by atoms with Crippen molar-refractivity contribution >= 4 is 7.75 Å². The SMILES string of the molecule is CCN(Cc1ccccc1)P(=O)(OC(C)(C)C)OC(C)(C)C. The van der Waals surface area contributed by atoms with Crippen LogP contribution in [0.4, 0.5) is 0 Å². The molecule has 0 bridgehead atoms. The van der Waals surface area contributed by atoms with Crippen LogP contribution >= 0.6 is 7.75 Å². The highest BCUT2D eigenvalue weighted by Gasteiger charge is 2.40. The Hall–Kier alpha value is -0.670. The molecule has 1 rings (SSSR count). The lowest BCUT2D eigenvalue weighted by molar-refractivity contribution is 0.0249. The summed E-state index contributed by atoms with van der Waals surface area (Å²) in [6.45, 7) is 14.4. The minimum absolute atomic E-state index is 0.529.